The maximum Gasteiger partial charge on any atom is 0.151 e. The van der Waals surface area contributed by atoms with E-state index < -0.39 is 0 Å². The van der Waals surface area contributed by atoms with Crippen molar-refractivity contribution in [3.63, 3.8) is 0 Å². The Kier molecular flexibility index (Phi) is 5.54. The maximum atomic E-state index is 6.18. The van der Waals surface area contributed by atoms with Gasteiger partial charge in [0.15, 0.2) is 5.58 Å². The molecule has 4 nitrogen and oxygen atoms in total. The van der Waals surface area contributed by atoms with Gasteiger partial charge in [-0.1, -0.05) is 97.1 Å². The summed E-state index contributed by atoms with van der Waals surface area (Å²) in [5.41, 5.74) is 7.30. The Labute approximate surface area is 269 Å². The second-order valence-electron chi connectivity index (χ2n) is 12.0. The molecule has 0 spiro atoms. The van der Waals surface area contributed by atoms with Crippen LogP contribution in [0.4, 0.5) is 0 Å². The first-order valence-electron chi connectivity index (χ1n) is 15.9. The van der Waals surface area contributed by atoms with Gasteiger partial charge in [0, 0.05) is 45.0 Å². The number of rotatable bonds is 2. The van der Waals surface area contributed by atoms with Crippen LogP contribution in [-0.4, -0.2) is 14.1 Å². The van der Waals surface area contributed by atoms with Crippen molar-refractivity contribution in [3.8, 4) is 11.4 Å². The number of para-hydroxylation sites is 3. The van der Waals surface area contributed by atoms with Crippen molar-refractivity contribution in [1.29, 1.82) is 0 Å². The number of benzene rings is 6. The number of aromatic nitrogens is 3. The van der Waals surface area contributed by atoms with Gasteiger partial charge in [-0.15, -0.1) is 0 Å². The minimum atomic E-state index is 0.795. The van der Waals surface area contributed by atoms with E-state index >= 15 is 0 Å². The van der Waals surface area contributed by atoms with Gasteiger partial charge in [0.05, 0.1) is 27.8 Å². The van der Waals surface area contributed by atoms with Crippen molar-refractivity contribution >= 4 is 76.1 Å². The molecule has 47 heavy (non-hydrogen) atoms. The van der Waals surface area contributed by atoms with Crippen molar-refractivity contribution in [3.05, 3.63) is 164 Å². The Bertz CT molecular complexity index is 2860. The molecule has 0 aliphatic carbocycles. The SMILES string of the molecule is c1ccc(-n2ccoc3cc4c(cc32)c2ccccc2c2c(-n3c5ccccc5c5ccccc53)cccc2c2cccnc42)cc1. The average molecular weight is 602 g/mol. The third kappa shape index (κ3) is 3.79. The van der Waals surface area contributed by atoms with Gasteiger partial charge in [0.25, 0.3) is 0 Å². The van der Waals surface area contributed by atoms with E-state index in [1.54, 1.807) is 6.26 Å². The van der Waals surface area contributed by atoms with E-state index in [4.69, 9.17) is 9.40 Å². The molecule has 3 aromatic heterocycles. The van der Waals surface area contributed by atoms with Crippen molar-refractivity contribution in [2.45, 2.75) is 0 Å². The number of hydrogen-bond acceptors (Lipinski definition) is 2. The van der Waals surface area contributed by atoms with E-state index in [1.807, 2.05) is 24.5 Å². The lowest BCUT2D eigenvalue weighted by molar-refractivity contribution is 0.593. The molecule has 0 aliphatic rings. The lowest BCUT2D eigenvalue weighted by Gasteiger charge is -2.16. The Morgan fingerprint density at radius 3 is 1.89 bits per heavy atom. The molecule has 0 amide bonds. The fourth-order valence-electron chi connectivity index (χ4n) is 7.52. The standard InChI is InChI=1S/C43H27N3O/c1-2-12-28(13-3-1)45-24-25-47-41-27-36-35(26-40(41)45)29-14-4-5-17-32(29)42-33(34-19-11-23-44-43(34)36)18-10-22-39(42)46-37-20-8-6-15-30(37)31-16-7-9-21-38(31)46/h1-27H. The molecule has 0 unspecified atom stereocenters. The number of hydrogen-bond donors (Lipinski definition) is 0. The smallest absolute Gasteiger partial charge is 0.151 e. The van der Waals surface area contributed by atoms with Crippen molar-refractivity contribution < 1.29 is 4.42 Å². The van der Waals surface area contributed by atoms with E-state index in [0.717, 1.165) is 54.9 Å². The molecule has 0 bridgehead atoms. The molecule has 10 rings (SSSR count). The first-order chi connectivity index (χ1) is 23.3. The highest BCUT2D eigenvalue weighted by atomic mass is 16.3. The molecular weight excluding hydrogens is 574 g/mol. The second kappa shape index (κ2) is 10.1. The number of fused-ring (bicyclic) bond motifs is 12. The van der Waals surface area contributed by atoms with Gasteiger partial charge in [-0.25, -0.2) is 0 Å². The van der Waals surface area contributed by atoms with E-state index in [0.29, 0.717) is 0 Å². The lowest BCUT2D eigenvalue weighted by Crippen LogP contribution is -1.97. The summed E-state index contributed by atoms with van der Waals surface area (Å²) in [6.45, 7) is 0. The summed E-state index contributed by atoms with van der Waals surface area (Å²) in [5, 5.41) is 10.4. The van der Waals surface area contributed by atoms with Crippen LogP contribution in [0.2, 0.25) is 0 Å². The van der Waals surface area contributed by atoms with Gasteiger partial charge in [-0.05, 0) is 70.1 Å². The van der Waals surface area contributed by atoms with E-state index in [-0.39, 0.29) is 0 Å². The maximum absolute atomic E-state index is 6.18. The van der Waals surface area contributed by atoms with Gasteiger partial charge in [0.1, 0.15) is 6.26 Å². The van der Waals surface area contributed by atoms with Gasteiger partial charge < -0.3 is 13.6 Å². The summed E-state index contributed by atoms with van der Waals surface area (Å²) in [5.74, 6) is 0. The molecule has 4 heteroatoms. The van der Waals surface area contributed by atoms with Gasteiger partial charge in [-0.2, -0.15) is 0 Å². The van der Waals surface area contributed by atoms with Crippen LogP contribution in [0.25, 0.3) is 87.5 Å². The topological polar surface area (TPSA) is 35.9 Å². The summed E-state index contributed by atoms with van der Waals surface area (Å²) in [6.07, 6.45) is 5.63. The lowest BCUT2D eigenvalue weighted by atomic mass is 9.95. The number of pyridine rings is 1. The first-order valence-corrected chi connectivity index (χ1v) is 15.9. The predicted molar refractivity (Wildman–Crippen MR) is 195 cm³/mol. The van der Waals surface area contributed by atoms with Gasteiger partial charge in [0.2, 0.25) is 0 Å². The van der Waals surface area contributed by atoms with E-state index in [1.165, 1.54) is 32.6 Å². The molecular formula is C43H27N3O. The van der Waals surface area contributed by atoms with Crippen molar-refractivity contribution in [1.82, 2.24) is 14.1 Å². The Morgan fingerprint density at radius 2 is 1.11 bits per heavy atom. The normalized spacial score (nSPS) is 11.8. The third-order valence-corrected chi connectivity index (χ3v) is 9.50. The minimum Gasteiger partial charge on any atom is -0.461 e. The zero-order valence-electron chi connectivity index (χ0n) is 25.3. The average Bonchev–Trinajstić information content (AvgIpc) is 3.48. The molecule has 3 heterocycles. The predicted octanol–water partition coefficient (Wildman–Crippen LogP) is 11.5. The van der Waals surface area contributed by atoms with Crippen LogP contribution >= 0.6 is 0 Å². The van der Waals surface area contributed by atoms with Crippen LogP contribution < -0.4 is 0 Å². The van der Waals surface area contributed by atoms with Crippen LogP contribution in [0.1, 0.15) is 0 Å². The fourth-order valence-corrected chi connectivity index (χ4v) is 7.52. The van der Waals surface area contributed by atoms with Crippen LogP contribution in [0.3, 0.4) is 0 Å². The van der Waals surface area contributed by atoms with E-state index in [2.05, 4.69) is 143 Å². The van der Waals surface area contributed by atoms with Crippen LogP contribution in [0.5, 0.6) is 0 Å². The van der Waals surface area contributed by atoms with Crippen LogP contribution in [0, 0.1) is 0 Å². The molecule has 220 valence electrons. The largest absolute Gasteiger partial charge is 0.461 e. The third-order valence-electron chi connectivity index (χ3n) is 9.50. The number of nitrogens with zero attached hydrogens (tertiary/aromatic N) is 3. The van der Waals surface area contributed by atoms with Crippen molar-refractivity contribution in [2.24, 2.45) is 0 Å². The van der Waals surface area contributed by atoms with Gasteiger partial charge in [-0.3, -0.25) is 4.98 Å². The summed E-state index contributed by atoms with van der Waals surface area (Å²) in [4.78, 5) is 5.06. The zero-order chi connectivity index (χ0) is 30.9. The molecule has 0 atom stereocenters. The Morgan fingerprint density at radius 1 is 0.468 bits per heavy atom. The highest BCUT2D eigenvalue weighted by molar-refractivity contribution is 6.28. The monoisotopic (exact) mass is 601 g/mol. The first kappa shape index (κ1) is 25.9. The molecule has 10 aromatic rings. The van der Waals surface area contributed by atoms with Crippen LogP contribution in [-0.2, 0) is 0 Å². The fraction of sp³-hybridized carbons (Fsp3) is 0. The molecule has 0 radical (unpaired) electrons. The van der Waals surface area contributed by atoms with Gasteiger partial charge >= 0.3 is 0 Å². The second-order valence-corrected chi connectivity index (χ2v) is 12.0. The van der Waals surface area contributed by atoms with E-state index in [9.17, 15) is 0 Å². The van der Waals surface area contributed by atoms with Crippen LogP contribution in [0.15, 0.2) is 169 Å². The Hall–Kier alpha value is -6.39. The molecule has 7 aromatic carbocycles. The quantitative estimate of drug-likeness (QED) is 0.198. The summed E-state index contributed by atoms with van der Waals surface area (Å²) in [7, 11) is 0. The Balaban J connectivity index is 1.47. The summed E-state index contributed by atoms with van der Waals surface area (Å²) >= 11 is 0. The molecule has 0 saturated carbocycles. The highest BCUT2D eigenvalue weighted by Gasteiger charge is 2.18. The summed E-state index contributed by atoms with van der Waals surface area (Å²) < 4.78 is 10.8. The minimum absolute atomic E-state index is 0.795. The summed E-state index contributed by atoms with van der Waals surface area (Å²) in [6, 6.07) is 52.0. The molecule has 0 saturated heterocycles. The molecule has 0 N–H and O–H groups in total. The zero-order valence-corrected chi connectivity index (χ0v) is 25.3. The molecule has 0 fully saturated rings. The molecule has 0 aliphatic heterocycles. The highest BCUT2D eigenvalue weighted by Crippen LogP contribution is 2.41. The van der Waals surface area contributed by atoms with Crippen molar-refractivity contribution in [2.75, 3.05) is 0 Å².